The molecule has 1 aliphatic carbocycles. The number of fused-ring (bicyclic) bond motifs is 1. The zero-order valence-corrected chi connectivity index (χ0v) is 6.66. The minimum absolute atomic E-state index is 0.0200. The average molecular weight is 166 g/mol. The number of carbonyl (C=O) groups excluding carboxylic acids is 2. The van der Waals surface area contributed by atoms with E-state index >= 15 is 0 Å². The lowest BCUT2D eigenvalue weighted by atomic mass is 9.79. The summed E-state index contributed by atoms with van der Waals surface area (Å²) in [7, 11) is 0. The van der Waals surface area contributed by atoms with Crippen molar-refractivity contribution in [2.24, 2.45) is 11.8 Å². The highest BCUT2D eigenvalue weighted by Gasteiger charge is 2.39. The van der Waals surface area contributed by atoms with E-state index in [2.05, 4.69) is 0 Å². The van der Waals surface area contributed by atoms with Crippen molar-refractivity contribution >= 4 is 11.8 Å². The Balaban J connectivity index is 2.23. The molecule has 1 saturated heterocycles. The van der Waals surface area contributed by atoms with Gasteiger partial charge in [0.05, 0.1) is 5.92 Å². The Labute approximate surface area is 70.4 Å². The molecular weight excluding hydrogens is 156 g/mol. The first-order chi connectivity index (χ1) is 5.79. The van der Waals surface area contributed by atoms with Crippen molar-refractivity contribution in [2.45, 2.75) is 12.8 Å². The normalized spacial score (nSPS) is 34.3. The predicted molar refractivity (Wildman–Crippen MR) is 41.3 cm³/mol. The summed E-state index contributed by atoms with van der Waals surface area (Å²) >= 11 is 0. The van der Waals surface area contributed by atoms with Gasteiger partial charge in [-0.05, 0) is 12.8 Å². The molecule has 0 radical (unpaired) electrons. The first-order valence-corrected chi connectivity index (χ1v) is 4.13. The number of rotatable bonds is 0. The maximum atomic E-state index is 11.3. The van der Waals surface area contributed by atoms with Crippen LogP contribution < -0.4 is 0 Å². The quantitative estimate of drug-likeness (QED) is 0.393. The molecule has 3 heteroatoms. The van der Waals surface area contributed by atoms with Gasteiger partial charge in [0.15, 0.2) is 5.78 Å². The Bertz CT molecular complexity index is 228. The van der Waals surface area contributed by atoms with E-state index in [1.165, 1.54) is 0 Å². The highest BCUT2D eigenvalue weighted by Crippen LogP contribution is 2.30. The summed E-state index contributed by atoms with van der Waals surface area (Å²) in [5.74, 6) is -0.430. The van der Waals surface area contributed by atoms with Gasteiger partial charge in [0, 0.05) is 5.92 Å². The number of hydrogen-bond acceptors (Lipinski definition) is 3. The Morgan fingerprint density at radius 2 is 1.83 bits per heavy atom. The molecule has 0 unspecified atom stereocenters. The molecule has 1 aliphatic heterocycles. The number of carbonyl (C=O) groups is 2. The number of ether oxygens (including phenoxy) is 1. The lowest BCUT2D eigenvalue weighted by Crippen LogP contribution is -2.40. The molecule has 64 valence electrons. The Morgan fingerprint density at radius 3 is 2.50 bits per heavy atom. The topological polar surface area (TPSA) is 43.4 Å². The van der Waals surface area contributed by atoms with Gasteiger partial charge in [-0.1, -0.05) is 12.2 Å². The number of allylic oxidation sites excluding steroid dienone is 2. The van der Waals surface area contributed by atoms with Gasteiger partial charge in [0.2, 0.25) is 0 Å². The largest absolute Gasteiger partial charge is 0.457 e. The Hall–Kier alpha value is -1.12. The summed E-state index contributed by atoms with van der Waals surface area (Å²) < 4.78 is 4.74. The molecule has 2 aliphatic rings. The maximum absolute atomic E-state index is 11.3. The van der Waals surface area contributed by atoms with Crippen molar-refractivity contribution in [3.8, 4) is 0 Å². The second-order valence-electron chi connectivity index (χ2n) is 3.23. The van der Waals surface area contributed by atoms with Crippen molar-refractivity contribution in [1.29, 1.82) is 0 Å². The zero-order chi connectivity index (χ0) is 8.55. The van der Waals surface area contributed by atoms with Crippen LogP contribution in [0, 0.1) is 11.8 Å². The number of hydrogen-bond donors (Lipinski definition) is 0. The van der Waals surface area contributed by atoms with Crippen LogP contribution in [-0.2, 0) is 14.3 Å². The number of ketones is 1. The third-order valence-electron chi connectivity index (χ3n) is 2.51. The van der Waals surface area contributed by atoms with Gasteiger partial charge >= 0.3 is 5.97 Å². The van der Waals surface area contributed by atoms with Crippen LogP contribution in [0.1, 0.15) is 12.8 Å². The van der Waals surface area contributed by atoms with Crippen LogP contribution in [0.15, 0.2) is 12.2 Å². The summed E-state index contributed by atoms with van der Waals surface area (Å²) in [6.45, 7) is -0.0200. The summed E-state index contributed by atoms with van der Waals surface area (Å²) in [4.78, 5) is 22.4. The molecule has 0 amide bonds. The van der Waals surface area contributed by atoms with Gasteiger partial charge in [-0.2, -0.15) is 0 Å². The fourth-order valence-electron chi connectivity index (χ4n) is 1.79. The molecular formula is C9H10O3. The fourth-order valence-corrected chi connectivity index (χ4v) is 1.79. The first-order valence-electron chi connectivity index (χ1n) is 4.13. The van der Waals surface area contributed by atoms with Crippen LogP contribution in [0.3, 0.4) is 0 Å². The molecule has 3 nitrogen and oxygen atoms in total. The van der Waals surface area contributed by atoms with E-state index < -0.39 is 0 Å². The highest BCUT2D eigenvalue weighted by molar-refractivity contribution is 5.92. The monoisotopic (exact) mass is 166 g/mol. The van der Waals surface area contributed by atoms with Gasteiger partial charge < -0.3 is 4.74 Å². The van der Waals surface area contributed by atoms with Gasteiger partial charge in [0.1, 0.15) is 6.61 Å². The van der Waals surface area contributed by atoms with Crippen molar-refractivity contribution in [2.75, 3.05) is 6.61 Å². The van der Waals surface area contributed by atoms with Crippen LogP contribution >= 0.6 is 0 Å². The lowest BCUT2D eigenvalue weighted by molar-refractivity contribution is -0.163. The van der Waals surface area contributed by atoms with E-state index in [1.54, 1.807) is 0 Å². The van der Waals surface area contributed by atoms with E-state index in [9.17, 15) is 9.59 Å². The molecule has 2 atom stereocenters. The summed E-state index contributed by atoms with van der Waals surface area (Å²) in [5, 5.41) is 0. The van der Waals surface area contributed by atoms with Crippen molar-refractivity contribution < 1.29 is 14.3 Å². The number of Topliss-reactive ketones (excluding diaryl/α,β-unsaturated/α-hetero) is 1. The second-order valence-corrected chi connectivity index (χ2v) is 3.23. The molecule has 0 bridgehead atoms. The standard InChI is InChI=1S/C9H10O3/c10-8-5-12-9(11)7-4-2-1-3-6(7)8/h1-2,6-7H,3-5H2/t6-,7+/m0/s1. The van der Waals surface area contributed by atoms with E-state index in [1.807, 2.05) is 12.2 Å². The van der Waals surface area contributed by atoms with E-state index in [0.29, 0.717) is 12.8 Å². The summed E-state index contributed by atoms with van der Waals surface area (Å²) in [6.07, 6.45) is 5.28. The van der Waals surface area contributed by atoms with Gasteiger partial charge in [-0.3, -0.25) is 9.59 Å². The molecule has 1 fully saturated rings. The summed E-state index contributed by atoms with van der Waals surface area (Å²) in [6, 6.07) is 0. The molecule has 0 saturated carbocycles. The molecule has 0 aromatic rings. The fraction of sp³-hybridized carbons (Fsp3) is 0.556. The van der Waals surface area contributed by atoms with Crippen LogP contribution in [0.2, 0.25) is 0 Å². The molecule has 12 heavy (non-hydrogen) atoms. The van der Waals surface area contributed by atoms with Crippen molar-refractivity contribution in [1.82, 2.24) is 0 Å². The Morgan fingerprint density at radius 1 is 1.17 bits per heavy atom. The van der Waals surface area contributed by atoms with E-state index in [4.69, 9.17) is 4.74 Å². The van der Waals surface area contributed by atoms with E-state index in [0.717, 1.165) is 0 Å². The molecule has 0 aromatic carbocycles. The minimum Gasteiger partial charge on any atom is -0.457 e. The van der Waals surface area contributed by atoms with Crippen LogP contribution in [0.4, 0.5) is 0 Å². The number of esters is 1. The van der Waals surface area contributed by atoms with Gasteiger partial charge in [-0.25, -0.2) is 0 Å². The molecule has 0 N–H and O–H groups in total. The van der Waals surface area contributed by atoms with Crippen LogP contribution in [0.5, 0.6) is 0 Å². The third-order valence-corrected chi connectivity index (χ3v) is 2.51. The van der Waals surface area contributed by atoms with Crippen molar-refractivity contribution in [3.05, 3.63) is 12.2 Å². The minimum atomic E-state index is -0.205. The van der Waals surface area contributed by atoms with Gasteiger partial charge in [0.25, 0.3) is 0 Å². The highest BCUT2D eigenvalue weighted by atomic mass is 16.5. The zero-order valence-electron chi connectivity index (χ0n) is 6.66. The lowest BCUT2D eigenvalue weighted by Gasteiger charge is -2.29. The summed E-state index contributed by atoms with van der Waals surface area (Å²) in [5.41, 5.74) is 0. The van der Waals surface area contributed by atoms with Gasteiger partial charge in [-0.15, -0.1) is 0 Å². The SMILES string of the molecule is O=C1COC(=O)[C@@H]2CC=CC[C@H]12. The van der Waals surface area contributed by atoms with Crippen LogP contribution in [0.25, 0.3) is 0 Å². The molecule has 0 spiro atoms. The van der Waals surface area contributed by atoms with Crippen LogP contribution in [-0.4, -0.2) is 18.4 Å². The molecule has 1 heterocycles. The van der Waals surface area contributed by atoms with E-state index in [-0.39, 0.29) is 30.2 Å². The molecule has 0 aromatic heterocycles. The maximum Gasteiger partial charge on any atom is 0.310 e. The first kappa shape index (κ1) is 7.53. The average Bonchev–Trinajstić information content (AvgIpc) is 2.12. The second kappa shape index (κ2) is 2.73. The smallest absolute Gasteiger partial charge is 0.310 e. The molecule has 2 rings (SSSR count). The third kappa shape index (κ3) is 1.05. The van der Waals surface area contributed by atoms with Crippen molar-refractivity contribution in [3.63, 3.8) is 0 Å². The Kier molecular flexibility index (Phi) is 1.71. The predicted octanol–water partition coefficient (Wildman–Crippen LogP) is 0.695. The number of cyclic esters (lactones) is 1.